The Morgan fingerprint density at radius 1 is 1.40 bits per heavy atom. The van der Waals surface area contributed by atoms with Crippen LogP contribution in [-0.2, 0) is 4.79 Å². The zero-order chi connectivity index (χ0) is 14.4. The largest absolute Gasteiger partial charge is 0.491 e. The van der Waals surface area contributed by atoms with E-state index in [4.69, 9.17) is 9.84 Å². The van der Waals surface area contributed by atoms with Crippen LogP contribution in [0.3, 0.4) is 0 Å². The zero-order valence-electron chi connectivity index (χ0n) is 11.8. The lowest BCUT2D eigenvalue weighted by molar-refractivity contribution is -0.131. The third kappa shape index (κ3) is 4.10. The summed E-state index contributed by atoms with van der Waals surface area (Å²) in [6.45, 7) is 5.85. The van der Waals surface area contributed by atoms with Crippen LogP contribution in [-0.4, -0.2) is 42.2 Å². The molecular formula is C16H21NO3. The van der Waals surface area contributed by atoms with Gasteiger partial charge >= 0.3 is 5.97 Å². The molecule has 1 aliphatic rings. The maximum atomic E-state index is 10.6. The molecule has 0 amide bonds. The van der Waals surface area contributed by atoms with Gasteiger partial charge in [-0.15, -0.1) is 0 Å². The molecule has 4 nitrogen and oxygen atoms in total. The van der Waals surface area contributed by atoms with E-state index in [1.807, 2.05) is 25.1 Å². The topological polar surface area (TPSA) is 49.8 Å². The first-order valence-corrected chi connectivity index (χ1v) is 7.02. The number of carboxylic acids is 1. The minimum Gasteiger partial charge on any atom is -0.491 e. The van der Waals surface area contributed by atoms with Crippen molar-refractivity contribution in [3.8, 4) is 5.75 Å². The lowest BCUT2D eigenvalue weighted by Crippen LogP contribution is -2.25. The number of ether oxygens (including phenoxy) is 1. The normalized spacial score (nSPS) is 15.8. The molecule has 0 spiro atoms. The second-order valence-corrected chi connectivity index (χ2v) is 5.06. The third-order valence-electron chi connectivity index (χ3n) is 3.50. The van der Waals surface area contributed by atoms with E-state index >= 15 is 0 Å². The van der Waals surface area contributed by atoms with Crippen molar-refractivity contribution in [3.63, 3.8) is 0 Å². The van der Waals surface area contributed by atoms with Crippen molar-refractivity contribution in [2.24, 2.45) is 0 Å². The van der Waals surface area contributed by atoms with Crippen LogP contribution in [0.25, 0.3) is 6.08 Å². The molecule has 0 bridgehead atoms. The molecule has 1 saturated heterocycles. The van der Waals surface area contributed by atoms with Crippen LogP contribution in [0.15, 0.2) is 24.3 Å². The number of nitrogens with zero attached hydrogens (tertiary/aromatic N) is 1. The second-order valence-electron chi connectivity index (χ2n) is 5.06. The molecule has 1 N–H and O–H groups in total. The van der Waals surface area contributed by atoms with Crippen LogP contribution in [0.2, 0.25) is 0 Å². The van der Waals surface area contributed by atoms with E-state index in [0.717, 1.165) is 42.6 Å². The highest BCUT2D eigenvalue weighted by atomic mass is 16.5. The third-order valence-corrected chi connectivity index (χ3v) is 3.50. The number of hydrogen-bond donors (Lipinski definition) is 1. The monoisotopic (exact) mass is 275 g/mol. The maximum absolute atomic E-state index is 10.6. The van der Waals surface area contributed by atoms with Crippen LogP contribution < -0.4 is 4.74 Å². The van der Waals surface area contributed by atoms with Gasteiger partial charge in [-0.3, -0.25) is 4.90 Å². The number of carboxylic acid groups (broad SMARTS) is 1. The predicted octanol–water partition coefficient (Wildman–Crippen LogP) is 2.57. The molecule has 0 aromatic heterocycles. The molecular weight excluding hydrogens is 254 g/mol. The molecule has 4 heteroatoms. The van der Waals surface area contributed by atoms with Crippen molar-refractivity contribution in [1.82, 2.24) is 4.90 Å². The highest BCUT2D eigenvalue weighted by molar-refractivity contribution is 5.86. The van der Waals surface area contributed by atoms with E-state index in [2.05, 4.69) is 4.90 Å². The van der Waals surface area contributed by atoms with Gasteiger partial charge < -0.3 is 9.84 Å². The molecule has 1 heterocycles. The average Bonchev–Trinajstić information content (AvgIpc) is 2.92. The lowest BCUT2D eigenvalue weighted by Gasteiger charge is -2.17. The number of benzene rings is 1. The summed E-state index contributed by atoms with van der Waals surface area (Å²) in [5.41, 5.74) is 1.84. The van der Waals surface area contributed by atoms with E-state index in [1.165, 1.54) is 12.8 Å². The van der Waals surface area contributed by atoms with E-state index in [0.29, 0.717) is 6.61 Å². The van der Waals surface area contributed by atoms with Crippen LogP contribution in [0.1, 0.15) is 24.0 Å². The standard InChI is InChI=1S/C16H21NO3/c1-13-5-4-6-14(7-8-15(18)19)16(13)20-12-11-17-9-2-3-10-17/h4-8H,2-3,9-12H2,1H3,(H,18,19)/b8-7+. The van der Waals surface area contributed by atoms with Crippen LogP contribution >= 0.6 is 0 Å². The number of hydrogen-bond acceptors (Lipinski definition) is 3. The fourth-order valence-electron chi connectivity index (χ4n) is 2.45. The molecule has 0 radical (unpaired) electrons. The first-order valence-electron chi connectivity index (χ1n) is 7.02. The first-order chi connectivity index (χ1) is 9.66. The summed E-state index contributed by atoms with van der Waals surface area (Å²) in [4.78, 5) is 13.0. The molecule has 1 aliphatic heterocycles. The van der Waals surface area contributed by atoms with E-state index in [1.54, 1.807) is 6.08 Å². The van der Waals surface area contributed by atoms with Crippen molar-refractivity contribution in [1.29, 1.82) is 0 Å². The molecule has 0 aliphatic carbocycles. The van der Waals surface area contributed by atoms with E-state index < -0.39 is 5.97 Å². The van der Waals surface area contributed by atoms with Crippen molar-refractivity contribution in [2.75, 3.05) is 26.2 Å². The van der Waals surface area contributed by atoms with Gasteiger partial charge in [0, 0.05) is 18.2 Å². The molecule has 0 unspecified atom stereocenters. The van der Waals surface area contributed by atoms with Crippen LogP contribution in [0.5, 0.6) is 5.75 Å². The summed E-state index contributed by atoms with van der Waals surface area (Å²) in [5, 5.41) is 8.72. The van der Waals surface area contributed by atoms with Gasteiger partial charge in [-0.25, -0.2) is 4.79 Å². The van der Waals surface area contributed by atoms with E-state index in [9.17, 15) is 4.79 Å². The van der Waals surface area contributed by atoms with Gasteiger partial charge in [-0.2, -0.15) is 0 Å². The number of likely N-dealkylation sites (tertiary alicyclic amines) is 1. The lowest BCUT2D eigenvalue weighted by atomic mass is 10.1. The Morgan fingerprint density at radius 2 is 2.15 bits per heavy atom. The summed E-state index contributed by atoms with van der Waals surface area (Å²) in [5.74, 6) is -0.168. The molecule has 1 fully saturated rings. The molecule has 108 valence electrons. The Bertz CT molecular complexity index is 490. The summed E-state index contributed by atoms with van der Waals surface area (Å²) >= 11 is 0. The van der Waals surface area contributed by atoms with Crippen molar-refractivity contribution < 1.29 is 14.6 Å². The first kappa shape index (κ1) is 14.6. The number of rotatable bonds is 6. The molecule has 2 rings (SSSR count). The van der Waals surface area contributed by atoms with Gasteiger partial charge in [-0.05, 0) is 44.5 Å². The molecule has 1 aromatic rings. The number of para-hydroxylation sites is 1. The van der Waals surface area contributed by atoms with Crippen molar-refractivity contribution >= 4 is 12.0 Å². The summed E-state index contributed by atoms with van der Waals surface area (Å²) in [6, 6.07) is 5.76. The quantitative estimate of drug-likeness (QED) is 0.811. The smallest absolute Gasteiger partial charge is 0.328 e. The highest BCUT2D eigenvalue weighted by Gasteiger charge is 2.12. The van der Waals surface area contributed by atoms with Crippen LogP contribution in [0, 0.1) is 6.92 Å². The van der Waals surface area contributed by atoms with Gasteiger partial charge in [0.1, 0.15) is 12.4 Å². The number of aryl methyl sites for hydroxylation is 1. The highest BCUT2D eigenvalue weighted by Crippen LogP contribution is 2.24. The van der Waals surface area contributed by atoms with E-state index in [-0.39, 0.29) is 0 Å². The van der Waals surface area contributed by atoms with Gasteiger partial charge in [0.2, 0.25) is 0 Å². The van der Waals surface area contributed by atoms with Gasteiger partial charge in [0.05, 0.1) is 0 Å². The van der Waals surface area contributed by atoms with Crippen LogP contribution in [0.4, 0.5) is 0 Å². The van der Waals surface area contributed by atoms with Crippen molar-refractivity contribution in [2.45, 2.75) is 19.8 Å². The van der Waals surface area contributed by atoms with Gasteiger partial charge in [0.25, 0.3) is 0 Å². The zero-order valence-corrected chi connectivity index (χ0v) is 11.8. The SMILES string of the molecule is Cc1cccc(/C=C/C(=O)O)c1OCCN1CCCC1. The molecule has 1 aromatic carbocycles. The fourth-order valence-corrected chi connectivity index (χ4v) is 2.45. The summed E-state index contributed by atoms with van der Waals surface area (Å²) in [6.07, 6.45) is 5.27. The second kappa shape index (κ2) is 7.10. The average molecular weight is 275 g/mol. The Labute approximate surface area is 119 Å². The van der Waals surface area contributed by atoms with Crippen molar-refractivity contribution in [3.05, 3.63) is 35.4 Å². The minimum absolute atomic E-state index is 0.638. The number of carbonyl (C=O) groups is 1. The Balaban J connectivity index is 1.99. The fraction of sp³-hybridized carbons (Fsp3) is 0.438. The Morgan fingerprint density at radius 3 is 2.85 bits per heavy atom. The Hall–Kier alpha value is -1.81. The predicted molar refractivity (Wildman–Crippen MR) is 79.0 cm³/mol. The molecule has 0 saturated carbocycles. The molecule has 20 heavy (non-hydrogen) atoms. The minimum atomic E-state index is -0.950. The molecule has 0 atom stereocenters. The van der Waals surface area contributed by atoms with Gasteiger partial charge in [-0.1, -0.05) is 18.2 Å². The maximum Gasteiger partial charge on any atom is 0.328 e. The number of aliphatic carboxylic acids is 1. The Kier molecular flexibility index (Phi) is 5.18. The van der Waals surface area contributed by atoms with Gasteiger partial charge in [0.15, 0.2) is 0 Å². The summed E-state index contributed by atoms with van der Waals surface area (Å²) < 4.78 is 5.88. The summed E-state index contributed by atoms with van der Waals surface area (Å²) in [7, 11) is 0.